The van der Waals surface area contributed by atoms with Crippen molar-refractivity contribution in [3.05, 3.63) is 29.3 Å². The van der Waals surface area contributed by atoms with Crippen molar-refractivity contribution in [3.63, 3.8) is 0 Å². The van der Waals surface area contributed by atoms with Crippen LogP contribution >= 0.6 is 0 Å². The van der Waals surface area contributed by atoms with Crippen molar-refractivity contribution in [3.8, 4) is 23.2 Å². The van der Waals surface area contributed by atoms with Gasteiger partial charge in [-0.15, -0.1) is 5.54 Å². The maximum atomic E-state index is 11.9. The zero-order valence-electron chi connectivity index (χ0n) is 23.7. The number of hydrogen-bond acceptors (Lipinski definition) is 12. The Morgan fingerprint density at radius 2 is 1.35 bits per heavy atom. The number of anilines is 1. The van der Waals surface area contributed by atoms with Gasteiger partial charge in [-0.25, -0.2) is 24.5 Å². The minimum absolute atomic E-state index is 0.0361. The quantitative estimate of drug-likeness (QED) is 0.269. The van der Waals surface area contributed by atoms with Crippen LogP contribution < -0.4 is 14.4 Å². The highest BCUT2D eigenvalue weighted by molar-refractivity contribution is 6.83. The van der Waals surface area contributed by atoms with Gasteiger partial charge in [-0.05, 0) is 6.07 Å². The fourth-order valence-corrected chi connectivity index (χ4v) is 3.51. The largest absolute Gasteiger partial charge is 0.479 e. The van der Waals surface area contributed by atoms with E-state index in [1.54, 1.807) is 12.3 Å². The minimum atomic E-state index is -1.79. The summed E-state index contributed by atoms with van der Waals surface area (Å²) >= 11 is 0. The maximum absolute atomic E-state index is 11.9. The molecule has 1 N–H and O–H groups in total. The zero-order valence-corrected chi connectivity index (χ0v) is 24.7. The lowest BCUT2D eigenvalue weighted by Gasteiger charge is -2.18. The van der Waals surface area contributed by atoms with E-state index in [4.69, 9.17) is 9.47 Å². The van der Waals surface area contributed by atoms with E-state index in [-0.39, 0.29) is 34.7 Å². The predicted octanol–water partition coefficient (Wildman–Crippen LogP) is 2.15. The Morgan fingerprint density at radius 3 is 1.82 bits per heavy atom. The molecule has 0 aliphatic heterocycles. The third-order valence-corrected chi connectivity index (χ3v) is 5.61. The summed E-state index contributed by atoms with van der Waals surface area (Å²) in [4.78, 5) is 67.1. The van der Waals surface area contributed by atoms with Gasteiger partial charge in [-0.1, -0.05) is 25.6 Å². The number of H-pyrrole nitrogens is 1. The molecule has 0 spiro atoms. The van der Waals surface area contributed by atoms with Crippen LogP contribution in [-0.4, -0.2) is 85.2 Å². The van der Waals surface area contributed by atoms with E-state index in [1.165, 1.54) is 42.3 Å². The van der Waals surface area contributed by atoms with Gasteiger partial charge in [0.25, 0.3) is 0 Å². The first-order valence-electron chi connectivity index (χ1n) is 11.6. The van der Waals surface area contributed by atoms with Gasteiger partial charge in [0, 0.05) is 20.0 Å². The molecular formula is C25H30N6O8Si. The van der Waals surface area contributed by atoms with Crippen molar-refractivity contribution in [2.45, 2.75) is 33.5 Å². The predicted molar refractivity (Wildman–Crippen MR) is 146 cm³/mol. The molecule has 0 atom stereocenters. The van der Waals surface area contributed by atoms with Crippen LogP contribution in [0.15, 0.2) is 12.3 Å². The molecule has 0 fully saturated rings. The number of imide groups is 1. The molecule has 0 saturated carbocycles. The van der Waals surface area contributed by atoms with Gasteiger partial charge in [0.1, 0.15) is 13.6 Å². The van der Waals surface area contributed by atoms with Crippen LogP contribution in [-0.2, 0) is 19.1 Å². The van der Waals surface area contributed by atoms with Crippen molar-refractivity contribution < 1.29 is 38.1 Å². The third-order valence-electron chi connectivity index (χ3n) is 4.74. The molecule has 0 unspecified atom stereocenters. The highest BCUT2D eigenvalue weighted by atomic mass is 28.3. The Hall–Kier alpha value is -4.84. The van der Waals surface area contributed by atoms with Gasteiger partial charge < -0.3 is 23.9 Å². The van der Waals surface area contributed by atoms with Crippen molar-refractivity contribution >= 4 is 48.8 Å². The number of rotatable bonds is 5. The Kier molecular flexibility index (Phi) is 10.4. The molecule has 0 bridgehead atoms. The van der Waals surface area contributed by atoms with Crippen LogP contribution in [0.5, 0.6) is 11.8 Å². The van der Waals surface area contributed by atoms with Crippen molar-refractivity contribution in [2.24, 2.45) is 0 Å². The van der Waals surface area contributed by atoms with E-state index in [1.807, 2.05) is 19.6 Å². The van der Waals surface area contributed by atoms with E-state index in [2.05, 4.69) is 45.9 Å². The molecule has 0 aliphatic carbocycles. The normalized spacial score (nSPS) is 10.3. The van der Waals surface area contributed by atoms with E-state index in [9.17, 15) is 19.2 Å². The minimum Gasteiger partial charge on any atom is -0.479 e. The molecule has 3 aromatic heterocycles. The molecule has 0 radical (unpaired) electrons. The summed E-state index contributed by atoms with van der Waals surface area (Å²) in [6.07, 6.45) is 1.69. The fraction of sp³-hybridized carbons (Fsp3) is 0.360. The molecule has 3 rings (SSSR count). The van der Waals surface area contributed by atoms with E-state index in [0.717, 1.165) is 4.90 Å². The molecule has 212 valence electrons. The summed E-state index contributed by atoms with van der Waals surface area (Å²) in [5, 5.41) is 0. The second-order valence-corrected chi connectivity index (χ2v) is 13.7. The van der Waals surface area contributed by atoms with Gasteiger partial charge in [0.2, 0.25) is 35.0 Å². The molecule has 0 aliphatic rings. The summed E-state index contributed by atoms with van der Waals surface area (Å²) in [5.74, 6) is 0.332. The molecule has 0 aromatic carbocycles. The summed E-state index contributed by atoms with van der Waals surface area (Å²) in [6.45, 7) is 8.50. The number of carbonyl (C=O) groups is 4. The molecule has 15 heteroatoms. The van der Waals surface area contributed by atoms with Crippen molar-refractivity contribution in [2.75, 3.05) is 33.3 Å². The van der Waals surface area contributed by atoms with E-state index < -0.39 is 31.8 Å². The van der Waals surface area contributed by atoms with Gasteiger partial charge in [0.05, 0.1) is 28.4 Å². The second kappa shape index (κ2) is 13.3. The van der Waals surface area contributed by atoms with Crippen LogP contribution in [0.2, 0.25) is 19.6 Å². The maximum Gasteiger partial charge on any atom is 0.362 e. The Bertz CT molecular complexity index is 1490. The van der Waals surface area contributed by atoms with Gasteiger partial charge in [0.15, 0.2) is 17.2 Å². The highest BCUT2D eigenvalue weighted by Gasteiger charge is 2.27. The van der Waals surface area contributed by atoms with Crippen LogP contribution in [0.1, 0.15) is 40.5 Å². The van der Waals surface area contributed by atoms with Crippen LogP contribution in [0, 0.1) is 11.5 Å². The van der Waals surface area contributed by atoms with Gasteiger partial charge in [-0.2, -0.15) is 9.97 Å². The lowest BCUT2D eigenvalue weighted by atomic mass is 10.3. The highest BCUT2D eigenvalue weighted by Crippen LogP contribution is 2.24. The van der Waals surface area contributed by atoms with Gasteiger partial charge in [-0.3, -0.25) is 9.59 Å². The smallest absolute Gasteiger partial charge is 0.362 e. The number of aromatic amines is 1. The summed E-state index contributed by atoms with van der Waals surface area (Å²) < 4.78 is 19.2. The second-order valence-electron chi connectivity index (χ2n) is 8.90. The molecule has 3 aromatic rings. The number of ether oxygens (including phenoxy) is 4. The summed E-state index contributed by atoms with van der Waals surface area (Å²) in [7, 11) is 3.40. The van der Waals surface area contributed by atoms with Gasteiger partial charge >= 0.3 is 11.9 Å². The number of esters is 2. The number of nitrogens with one attached hydrogen (secondary N) is 1. The topological polar surface area (TPSA) is 176 Å². The first-order valence-corrected chi connectivity index (χ1v) is 15.1. The lowest BCUT2D eigenvalue weighted by molar-refractivity contribution is -0.124. The van der Waals surface area contributed by atoms with Crippen LogP contribution in [0.3, 0.4) is 0 Å². The number of methoxy groups -OCH3 is 4. The number of aromatic nitrogens is 5. The Morgan fingerprint density at radius 1 is 0.825 bits per heavy atom. The SMILES string of the molecule is COC(=O)c1nc(C#C[Si](C)(C)C)c(N(C(C)=O)C(C)=O)nc1OC.COC(=O)c1nc2cc[nH]c2nc1OC. The van der Waals surface area contributed by atoms with Crippen molar-refractivity contribution in [1.29, 1.82) is 0 Å². The number of amides is 2. The number of fused-ring (bicyclic) bond motifs is 1. The fourth-order valence-electron chi connectivity index (χ4n) is 3.02. The van der Waals surface area contributed by atoms with Crippen molar-refractivity contribution in [1.82, 2.24) is 24.9 Å². The average molecular weight is 571 g/mol. The van der Waals surface area contributed by atoms with Crippen LogP contribution in [0.4, 0.5) is 5.82 Å². The number of carbonyl (C=O) groups excluding carboxylic acids is 4. The molecule has 0 saturated heterocycles. The molecular weight excluding hydrogens is 540 g/mol. The average Bonchev–Trinajstić information content (AvgIpc) is 3.37. The van der Waals surface area contributed by atoms with E-state index >= 15 is 0 Å². The first kappa shape index (κ1) is 31.4. The number of nitrogens with zero attached hydrogens (tertiary/aromatic N) is 5. The third kappa shape index (κ3) is 7.60. The molecule has 3 heterocycles. The molecule has 2 amide bonds. The number of hydrogen-bond donors (Lipinski definition) is 1. The molecule has 40 heavy (non-hydrogen) atoms. The lowest BCUT2D eigenvalue weighted by Crippen LogP contribution is -2.35. The standard InChI is InChI=1S/C16H21N3O5Si.C9H9N3O3/c1-10(20)19(11(2)21)14-12(8-9-25(5,6)7)17-13(16(22)24-4)15(18-14)23-3;1-14-8-6(9(13)15-2)11-5-3-4-10-7(5)12-8/h1-7H3;3-4H,1-2H3,(H,10,12). The van der Waals surface area contributed by atoms with E-state index in [0.29, 0.717) is 11.2 Å². The summed E-state index contributed by atoms with van der Waals surface area (Å²) in [6, 6.07) is 1.72. The zero-order chi connectivity index (χ0) is 30.2. The molecule has 14 nitrogen and oxygen atoms in total. The summed E-state index contributed by atoms with van der Waals surface area (Å²) in [5.41, 5.74) is 4.17. The van der Waals surface area contributed by atoms with Crippen LogP contribution in [0.25, 0.3) is 11.2 Å². The Balaban J connectivity index is 0.000000315. The Labute approximate surface area is 231 Å². The first-order chi connectivity index (χ1) is 18.8. The monoisotopic (exact) mass is 570 g/mol.